The van der Waals surface area contributed by atoms with Gasteiger partial charge in [0.2, 0.25) is 0 Å². The summed E-state index contributed by atoms with van der Waals surface area (Å²) >= 11 is 1.59. The highest BCUT2D eigenvalue weighted by molar-refractivity contribution is 7.18. The van der Waals surface area contributed by atoms with Crippen molar-refractivity contribution in [3.05, 3.63) is 58.6 Å². The minimum absolute atomic E-state index is 0.00773. The molecule has 1 aromatic heterocycles. The number of carbonyl (C=O) groups excluding carboxylic acids is 1. The molecule has 1 amide bonds. The van der Waals surface area contributed by atoms with Gasteiger partial charge in [-0.05, 0) is 49.2 Å². The van der Waals surface area contributed by atoms with E-state index in [1.807, 2.05) is 50.2 Å². The maximum Gasteiger partial charge on any atom is 0.258 e. The second kappa shape index (κ2) is 6.79. The van der Waals surface area contributed by atoms with Crippen molar-refractivity contribution < 1.29 is 9.53 Å². The van der Waals surface area contributed by atoms with Gasteiger partial charge in [0.05, 0.1) is 16.8 Å². The number of carbonyl (C=O) groups is 1. The lowest BCUT2D eigenvalue weighted by atomic mass is 10.1. The lowest BCUT2D eigenvalue weighted by Gasteiger charge is -2.08. The number of nitrogens with zero attached hydrogens (tertiary/aromatic N) is 1. The van der Waals surface area contributed by atoms with E-state index in [4.69, 9.17) is 4.74 Å². The van der Waals surface area contributed by atoms with Crippen molar-refractivity contribution in [1.29, 1.82) is 0 Å². The summed E-state index contributed by atoms with van der Waals surface area (Å²) in [6.07, 6.45) is 0. The van der Waals surface area contributed by atoms with E-state index in [2.05, 4.69) is 16.4 Å². The predicted octanol–water partition coefficient (Wildman–Crippen LogP) is 3.61. The lowest BCUT2D eigenvalue weighted by molar-refractivity contribution is -0.123. The number of nitrogens with one attached hydrogen (secondary N) is 1. The van der Waals surface area contributed by atoms with Crippen molar-refractivity contribution in [2.24, 2.45) is 0 Å². The minimum atomic E-state index is -0.150. The smallest absolute Gasteiger partial charge is 0.258 e. The molecule has 4 nitrogen and oxygen atoms in total. The molecule has 1 N–H and O–H groups in total. The predicted molar refractivity (Wildman–Crippen MR) is 92.9 cm³/mol. The molecule has 0 aliphatic carbocycles. The average Bonchev–Trinajstić information content (AvgIpc) is 2.93. The number of rotatable bonds is 5. The molecule has 1 heterocycles. The van der Waals surface area contributed by atoms with Gasteiger partial charge in [0.25, 0.3) is 5.91 Å². The van der Waals surface area contributed by atoms with E-state index in [0.29, 0.717) is 6.54 Å². The third-order valence-electron chi connectivity index (χ3n) is 3.34. The van der Waals surface area contributed by atoms with Crippen molar-refractivity contribution >= 4 is 27.5 Å². The molecule has 0 aliphatic heterocycles. The fourth-order valence-corrected chi connectivity index (χ4v) is 3.29. The number of hydrogen-bond donors (Lipinski definition) is 1. The highest BCUT2D eigenvalue weighted by atomic mass is 32.1. The van der Waals surface area contributed by atoms with Gasteiger partial charge in [-0.1, -0.05) is 18.2 Å². The third-order valence-corrected chi connectivity index (χ3v) is 4.38. The van der Waals surface area contributed by atoms with Gasteiger partial charge in [-0.2, -0.15) is 0 Å². The van der Waals surface area contributed by atoms with Crippen LogP contribution in [0.25, 0.3) is 10.2 Å². The second-order valence-electron chi connectivity index (χ2n) is 5.46. The summed E-state index contributed by atoms with van der Waals surface area (Å²) in [7, 11) is 0. The molecule has 0 unspecified atom stereocenters. The summed E-state index contributed by atoms with van der Waals surface area (Å²) in [5, 5.41) is 3.74. The van der Waals surface area contributed by atoms with Gasteiger partial charge in [-0.15, -0.1) is 11.3 Å². The fraction of sp³-hybridized carbons (Fsp3) is 0.222. The molecule has 23 heavy (non-hydrogen) atoms. The monoisotopic (exact) mass is 326 g/mol. The largest absolute Gasteiger partial charge is 0.484 e. The zero-order valence-corrected chi connectivity index (χ0v) is 13.9. The first-order valence-corrected chi connectivity index (χ1v) is 8.24. The maximum absolute atomic E-state index is 11.9. The van der Waals surface area contributed by atoms with Crippen LogP contribution in [0.4, 0.5) is 0 Å². The Kier molecular flexibility index (Phi) is 4.57. The summed E-state index contributed by atoms with van der Waals surface area (Å²) in [4.78, 5) is 16.4. The molecule has 0 radical (unpaired) electrons. The third kappa shape index (κ3) is 4.07. The molecule has 3 aromatic rings. The van der Waals surface area contributed by atoms with Gasteiger partial charge in [0.15, 0.2) is 6.61 Å². The van der Waals surface area contributed by atoms with Crippen LogP contribution in [-0.2, 0) is 11.3 Å². The summed E-state index contributed by atoms with van der Waals surface area (Å²) < 4.78 is 6.68. The average molecular weight is 326 g/mol. The Morgan fingerprint density at radius 1 is 1.17 bits per heavy atom. The Hall–Kier alpha value is -2.40. The van der Waals surface area contributed by atoms with Gasteiger partial charge < -0.3 is 10.1 Å². The van der Waals surface area contributed by atoms with Gasteiger partial charge in [-0.3, -0.25) is 4.79 Å². The highest BCUT2D eigenvalue weighted by Gasteiger charge is 2.07. The van der Waals surface area contributed by atoms with E-state index in [1.165, 1.54) is 0 Å². The Balaban J connectivity index is 1.53. The van der Waals surface area contributed by atoms with Gasteiger partial charge in [0, 0.05) is 0 Å². The molecule has 0 fully saturated rings. The standard InChI is InChI=1S/C18H18N2O2S/c1-12-7-13(2)9-14(8-12)22-11-17(21)19-10-18-20-15-5-3-4-6-16(15)23-18/h3-9H,10-11H2,1-2H3,(H,19,21). The van der Waals surface area contributed by atoms with Crippen LogP contribution in [-0.4, -0.2) is 17.5 Å². The first-order valence-electron chi connectivity index (χ1n) is 7.42. The maximum atomic E-state index is 11.9. The molecule has 0 bridgehead atoms. The van der Waals surface area contributed by atoms with E-state index in [1.54, 1.807) is 11.3 Å². The second-order valence-corrected chi connectivity index (χ2v) is 6.58. The highest BCUT2D eigenvalue weighted by Crippen LogP contribution is 2.21. The Morgan fingerprint density at radius 2 is 1.91 bits per heavy atom. The molecule has 5 heteroatoms. The zero-order valence-electron chi connectivity index (χ0n) is 13.1. The van der Waals surface area contributed by atoms with E-state index in [-0.39, 0.29) is 12.5 Å². The topological polar surface area (TPSA) is 51.2 Å². The number of fused-ring (bicyclic) bond motifs is 1. The van der Waals surface area contributed by atoms with Gasteiger partial charge in [0.1, 0.15) is 10.8 Å². The molecule has 0 aliphatic rings. The molecular formula is C18H18N2O2S. The molecule has 0 spiro atoms. The molecule has 118 valence electrons. The number of aryl methyl sites for hydroxylation is 2. The summed E-state index contributed by atoms with van der Waals surface area (Å²) in [6, 6.07) is 13.9. The van der Waals surface area contributed by atoms with Gasteiger partial charge in [-0.25, -0.2) is 4.98 Å². The number of thiazole rings is 1. The van der Waals surface area contributed by atoms with Crippen molar-refractivity contribution in [2.45, 2.75) is 20.4 Å². The van der Waals surface area contributed by atoms with Crippen LogP contribution < -0.4 is 10.1 Å². The van der Waals surface area contributed by atoms with Gasteiger partial charge >= 0.3 is 0 Å². The van der Waals surface area contributed by atoms with Crippen molar-refractivity contribution in [3.63, 3.8) is 0 Å². The van der Waals surface area contributed by atoms with Crippen molar-refractivity contribution in [3.8, 4) is 5.75 Å². The van der Waals surface area contributed by atoms with Crippen LogP contribution in [0.1, 0.15) is 16.1 Å². The van der Waals surface area contributed by atoms with Crippen molar-refractivity contribution in [2.75, 3.05) is 6.61 Å². The number of amides is 1. The van der Waals surface area contributed by atoms with E-state index >= 15 is 0 Å². The molecule has 0 saturated carbocycles. The summed E-state index contributed by atoms with van der Waals surface area (Å²) in [6.45, 7) is 4.45. The number of hydrogen-bond acceptors (Lipinski definition) is 4. The fourth-order valence-electron chi connectivity index (χ4n) is 2.39. The molecule has 3 rings (SSSR count). The Morgan fingerprint density at radius 3 is 2.65 bits per heavy atom. The number of benzene rings is 2. The molecule has 0 saturated heterocycles. The van der Waals surface area contributed by atoms with E-state index in [0.717, 1.165) is 32.1 Å². The van der Waals surface area contributed by atoms with Crippen LogP contribution in [0.3, 0.4) is 0 Å². The zero-order chi connectivity index (χ0) is 16.2. The van der Waals surface area contributed by atoms with E-state index in [9.17, 15) is 4.79 Å². The van der Waals surface area contributed by atoms with Crippen LogP contribution in [0.5, 0.6) is 5.75 Å². The first-order chi connectivity index (χ1) is 11.1. The Bertz CT molecular complexity index is 789. The lowest BCUT2D eigenvalue weighted by Crippen LogP contribution is -2.28. The number of aromatic nitrogens is 1. The molecule has 0 atom stereocenters. The van der Waals surface area contributed by atoms with E-state index < -0.39 is 0 Å². The summed E-state index contributed by atoms with van der Waals surface area (Å²) in [5.41, 5.74) is 3.21. The number of ether oxygens (including phenoxy) is 1. The van der Waals surface area contributed by atoms with Crippen molar-refractivity contribution in [1.82, 2.24) is 10.3 Å². The first kappa shape index (κ1) is 15.5. The number of para-hydroxylation sites is 1. The SMILES string of the molecule is Cc1cc(C)cc(OCC(=O)NCc2nc3ccccc3s2)c1. The normalized spacial score (nSPS) is 10.7. The van der Waals surface area contributed by atoms with Crippen LogP contribution in [0.2, 0.25) is 0 Å². The molecular weight excluding hydrogens is 308 g/mol. The minimum Gasteiger partial charge on any atom is -0.484 e. The summed E-state index contributed by atoms with van der Waals surface area (Å²) in [5.74, 6) is 0.570. The van der Waals surface area contributed by atoms with Crippen LogP contribution in [0, 0.1) is 13.8 Å². The van der Waals surface area contributed by atoms with Crippen LogP contribution >= 0.6 is 11.3 Å². The Labute approximate surface area is 139 Å². The molecule has 2 aromatic carbocycles. The van der Waals surface area contributed by atoms with Crippen LogP contribution in [0.15, 0.2) is 42.5 Å². The quantitative estimate of drug-likeness (QED) is 0.779.